The van der Waals surface area contributed by atoms with E-state index in [0.29, 0.717) is 16.3 Å². The van der Waals surface area contributed by atoms with Crippen molar-refractivity contribution in [1.82, 2.24) is 0 Å². The van der Waals surface area contributed by atoms with Crippen molar-refractivity contribution >= 4 is 39.9 Å². The van der Waals surface area contributed by atoms with Gasteiger partial charge in [-0.1, -0.05) is 43.1 Å². The van der Waals surface area contributed by atoms with Crippen LogP contribution in [0.15, 0.2) is 52.9 Å². The highest BCUT2D eigenvalue weighted by atomic mass is 35.5. The van der Waals surface area contributed by atoms with E-state index in [1.54, 1.807) is 24.3 Å². The number of carbonyl (C=O) groups excluding carboxylic acids is 1. The number of hydrogen-bond donors (Lipinski definition) is 2. The lowest BCUT2D eigenvalue weighted by molar-refractivity contribution is 0.0999. The maximum Gasteiger partial charge on any atom is 0.293 e. The van der Waals surface area contributed by atoms with E-state index < -0.39 is 0 Å². The van der Waals surface area contributed by atoms with Gasteiger partial charge in [-0.25, -0.2) is 0 Å². The normalized spacial score (nSPS) is 10.8. The Morgan fingerprint density at radius 2 is 2.00 bits per heavy atom. The molecule has 0 aliphatic carbocycles. The number of hydrogen-bond acceptors (Lipinski definition) is 3. The van der Waals surface area contributed by atoms with Crippen LogP contribution in [0, 0.1) is 0 Å². The number of carbonyl (C=O) groups is 1. The minimum absolute atomic E-state index is 0.285. The molecule has 2 N–H and O–H groups in total. The maximum absolute atomic E-state index is 12.7. The molecule has 4 nitrogen and oxygen atoms in total. The monoisotopic (exact) mass is 342 g/mol. The highest BCUT2D eigenvalue weighted by molar-refractivity contribution is 6.31. The molecule has 2 aromatic carbocycles. The van der Waals surface area contributed by atoms with E-state index in [2.05, 4.69) is 17.6 Å². The first-order chi connectivity index (χ1) is 11.7. The van der Waals surface area contributed by atoms with Crippen LogP contribution in [0.1, 0.15) is 30.3 Å². The van der Waals surface area contributed by atoms with Gasteiger partial charge in [0.1, 0.15) is 5.58 Å². The smallest absolute Gasteiger partial charge is 0.293 e. The van der Waals surface area contributed by atoms with E-state index >= 15 is 0 Å². The standard InChI is InChI=1S/C19H19ClN2O2/c1-2-3-11-21-17-15-9-4-5-10-16(15)24-18(17)19(23)22-14-8-6-7-13(20)12-14/h4-10,12,21H,2-3,11H2,1H3,(H,22,23). The summed E-state index contributed by atoms with van der Waals surface area (Å²) in [6.07, 6.45) is 2.10. The molecule has 5 heteroatoms. The van der Waals surface area contributed by atoms with Gasteiger partial charge in [-0.05, 0) is 36.8 Å². The second-order valence-corrected chi connectivity index (χ2v) is 5.98. The molecule has 3 aromatic rings. The van der Waals surface area contributed by atoms with E-state index in [4.69, 9.17) is 16.0 Å². The van der Waals surface area contributed by atoms with Crippen LogP contribution in [0.25, 0.3) is 11.0 Å². The molecule has 24 heavy (non-hydrogen) atoms. The fourth-order valence-electron chi connectivity index (χ4n) is 2.53. The number of fused-ring (bicyclic) bond motifs is 1. The predicted octanol–water partition coefficient (Wildman–Crippen LogP) is 5.55. The van der Waals surface area contributed by atoms with E-state index in [1.165, 1.54) is 0 Å². The van der Waals surface area contributed by atoms with Crippen LogP contribution in [0.3, 0.4) is 0 Å². The first kappa shape index (κ1) is 16.4. The first-order valence-corrected chi connectivity index (χ1v) is 8.39. The lowest BCUT2D eigenvalue weighted by Gasteiger charge is -2.08. The van der Waals surface area contributed by atoms with Gasteiger partial charge >= 0.3 is 0 Å². The number of halogens is 1. The molecular weight excluding hydrogens is 324 g/mol. The fourth-order valence-corrected chi connectivity index (χ4v) is 2.72. The van der Waals surface area contributed by atoms with Crippen LogP contribution in [-0.2, 0) is 0 Å². The Balaban J connectivity index is 1.91. The van der Waals surface area contributed by atoms with Crippen LogP contribution in [-0.4, -0.2) is 12.5 Å². The molecule has 1 aromatic heterocycles. The third-order valence-corrected chi connectivity index (χ3v) is 3.95. The minimum atomic E-state index is -0.299. The Morgan fingerprint density at radius 1 is 1.17 bits per heavy atom. The van der Waals surface area contributed by atoms with Gasteiger partial charge in [0.15, 0.2) is 0 Å². The molecule has 0 bridgehead atoms. The van der Waals surface area contributed by atoms with Crippen LogP contribution in [0.5, 0.6) is 0 Å². The second-order valence-electron chi connectivity index (χ2n) is 5.55. The van der Waals surface area contributed by atoms with E-state index in [-0.39, 0.29) is 11.7 Å². The summed E-state index contributed by atoms with van der Waals surface area (Å²) in [6.45, 7) is 2.92. The van der Waals surface area contributed by atoms with Gasteiger partial charge in [-0.2, -0.15) is 0 Å². The number of para-hydroxylation sites is 1. The van der Waals surface area contributed by atoms with Gasteiger partial charge in [0.05, 0.1) is 5.69 Å². The van der Waals surface area contributed by atoms with Crippen molar-refractivity contribution in [3.05, 3.63) is 59.3 Å². The lowest BCUT2D eigenvalue weighted by atomic mass is 10.2. The van der Waals surface area contributed by atoms with Crippen molar-refractivity contribution in [2.75, 3.05) is 17.2 Å². The zero-order valence-electron chi connectivity index (χ0n) is 13.4. The third-order valence-electron chi connectivity index (χ3n) is 3.72. The number of unbranched alkanes of at least 4 members (excludes halogenated alkanes) is 1. The Labute approximate surface area is 145 Å². The number of amides is 1. The molecule has 0 radical (unpaired) electrons. The third kappa shape index (κ3) is 3.54. The first-order valence-electron chi connectivity index (χ1n) is 8.01. The molecule has 0 unspecified atom stereocenters. The highest BCUT2D eigenvalue weighted by Crippen LogP contribution is 2.31. The van der Waals surface area contributed by atoms with Crippen molar-refractivity contribution < 1.29 is 9.21 Å². The Hall–Kier alpha value is -2.46. The summed E-state index contributed by atoms with van der Waals surface area (Å²) < 4.78 is 5.79. The van der Waals surface area contributed by atoms with Gasteiger partial charge in [-0.15, -0.1) is 0 Å². The number of furan rings is 1. The average Bonchev–Trinajstić information content (AvgIpc) is 2.94. The Kier molecular flexibility index (Phi) is 5.06. The van der Waals surface area contributed by atoms with E-state index in [0.717, 1.165) is 30.5 Å². The zero-order valence-corrected chi connectivity index (χ0v) is 14.2. The second kappa shape index (κ2) is 7.41. The van der Waals surface area contributed by atoms with Gasteiger partial charge in [-0.3, -0.25) is 4.79 Å². The van der Waals surface area contributed by atoms with Crippen LogP contribution >= 0.6 is 11.6 Å². The fraction of sp³-hybridized carbons (Fsp3) is 0.211. The minimum Gasteiger partial charge on any atom is -0.449 e. The molecule has 1 heterocycles. The van der Waals surface area contributed by atoms with Gasteiger partial charge < -0.3 is 15.1 Å². The van der Waals surface area contributed by atoms with Crippen molar-refractivity contribution in [3.8, 4) is 0 Å². The number of benzene rings is 2. The predicted molar refractivity (Wildman–Crippen MR) is 99.0 cm³/mol. The van der Waals surface area contributed by atoms with Crippen molar-refractivity contribution in [2.45, 2.75) is 19.8 Å². The summed E-state index contributed by atoms with van der Waals surface area (Å²) in [5.41, 5.74) is 2.05. The molecular formula is C19H19ClN2O2. The molecule has 0 spiro atoms. The van der Waals surface area contributed by atoms with Gasteiger partial charge in [0.2, 0.25) is 5.76 Å². The Morgan fingerprint density at radius 3 is 2.79 bits per heavy atom. The summed E-state index contributed by atoms with van der Waals surface area (Å²) in [7, 11) is 0. The molecule has 3 rings (SSSR count). The van der Waals surface area contributed by atoms with Crippen LogP contribution < -0.4 is 10.6 Å². The van der Waals surface area contributed by atoms with Gasteiger partial charge in [0.25, 0.3) is 5.91 Å². The largest absolute Gasteiger partial charge is 0.449 e. The average molecular weight is 343 g/mol. The number of anilines is 2. The van der Waals surface area contributed by atoms with Crippen LogP contribution in [0.2, 0.25) is 5.02 Å². The maximum atomic E-state index is 12.7. The zero-order chi connectivity index (χ0) is 16.9. The van der Waals surface area contributed by atoms with Crippen molar-refractivity contribution in [3.63, 3.8) is 0 Å². The molecule has 0 aliphatic rings. The van der Waals surface area contributed by atoms with E-state index in [9.17, 15) is 4.79 Å². The topological polar surface area (TPSA) is 54.3 Å². The summed E-state index contributed by atoms with van der Waals surface area (Å²) in [5.74, 6) is -0.0141. The quantitative estimate of drug-likeness (QED) is 0.577. The SMILES string of the molecule is CCCCNc1c(C(=O)Nc2cccc(Cl)c2)oc2ccccc12. The molecule has 0 saturated carbocycles. The summed E-state index contributed by atoms with van der Waals surface area (Å²) in [6, 6.07) is 14.7. The van der Waals surface area contributed by atoms with Crippen LogP contribution in [0.4, 0.5) is 11.4 Å². The lowest BCUT2D eigenvalue weighted by Crippen LogP contribution is -2.14. The Bertz CT molecular complexity index is 857. The highest BCUT2D eigenvalue weighted by Gasteiger charge is 2.20. The van der Waals surface area contributed by atoms with E-state index in [1.807, 2.05) is 24.3 Å². The summed E-state index contributed by atoms with van der Waals surface area (Å²) >= 11 is 5.97. The molecule has 0 aliphatic heterocycles. The van der Waals surface area contributed by atoms with Crippen molar-refractivity contribution in [2.24, 2.45) is 0 Å². The molecule has 0 saturated heterocycles. The van der Waals surface area contributed by atoms with Gasteiger partial charge in [0, 0.05) is 22.6 Å². The summed E-state index contributed by atoms with van der Waals surface area (Å²) in [4.78, 5) is 12.7. The number of nitrogens with one attached hydrogen (secondary N) is 2. The molecule has 0 fully saturated rings. The van der Waals surface area contributed by atoms with Crippen molar-refractivity contribution in [1.29, 1.82) is 0 Å². The summed E-state index contributed by atoms with van der Waals surface area (Å²) in [5, 5.41) is 7.64. The molecule has 124 valence electrons. The number of rotatable bonds is 6. The molecule has 0 atom stereocenters. The molecule has 1 amide bonds.